The Morgan fingerprint density at radius 1 is 1.06 bits per heavy atom. The highest BCUT2D eigenvalue weighted by atomic mass is 35.5. The van der Waals surface area contributed by atoms with E-state index in [0.717, 1.165) is 31.7 Å². The van der Waals surface area contributed by atoms with Gasteiger partial charge >= 0.3 is 5.97 Å². The van der Waals surface area contributed by atoms with Crippen LogP contribution in [0.3, 0.4) is 0 Å². The van der Waals surface area contributed by atoms with Gasteiger partial charge in [0.1, 0.15) is 0 Å². The Kier molecular flexibility index (Phi) is 11.1. The van der Waals surface area contributed by atoms with E-state index in [0.29, 0.717) is 5.56 Å². The fourth-order valence-corrected chi connectivity index (χ4v) is 3.42. The third-order valence-corrected chi connectivity index (χ3v) is 5.24. The number of rotatable bonds is 12. The molecule has 0 bridgehead atoms. The number of halogens is 3. The van der Waals surface area contributed by atoms with E-state index in [1.807, 2.05) is 32.0 Å². The average Bonchev–Trinajstić information content (AvgIpc) is 2.71. The number of aliphatic carboxylic acids is 1. The van der Waals surface area contributed by atoms with E-state index in [1.165, 1.54) is 11.6 Å². The number of nitrogens with one attached hydrogen (secondary N) is 1. The van der Waals surface area contributed by atoms with Crippen molar-refractivity contribution in [2.24, 2.45) is 0 Å². The van der Waals surface area contributed by atoms with Crippen molar-refractivity contribution in [2.75, 3.05) is 6.54 Å². The second kappa shape index (κ2) is 12.7. The minimum absolute atomic E-state index is 0. The molecule has 0 amide bonds. The fourth-order valence-electron chi connectivity index (χ4n) is 3.42. The van der Waals surface area contributed by atoms with Gasteiger partial charge in [0.2, 0.25) is 0 Å². The quantitative estimate of drug-likeness (QED) is 0.384. The van der Waals surface area contributed by atoms with Gasteiger partial charge in [-0.25, -0.2) is 8.78 Å². The summed E-state index contributed by atoms with van der Waals surface area (Å²) >= 11 is 0. The monoisotopic (exact) mass is 455 g/mol. The molecule has 0 heterocycles. The van der Waals surface area contributed by atoms with Crippen molar-refractivity contribution < 1.29 is 23.8 Å². The molecule has 0 aliphatic rings. The van der Waals surface area contributed by atoms with Crippen molar-refractivity contribution in [3.63, 3.8) is 0 Å². The number of aliphatic hydroxyl groups is 1. The van der Waals surface area contributed by atoms with Crippen LogP contribution in [-0.2, 0) is 17.6 Å². The van der Waals surface area contributed by atoms with Gasteiger partial charge in [0, 0.05) is 24.1 Å². The molecule has 0 aromatic heterocycles. The molecule has 1 atom stereocenters. The minimum Gasteiger partial charge on any atom is -0.481 e. The van der Waals surface area contributed by atoms with Crippen LogP contribution in [0.1, 0.15) is 62.3 Å². The van der Waals surface area contributed by atoms with Gasteiger partial charge in [0.25, 0.3) is 0 Å². The molecule has 0 saturated carbocycles. The number of aliphatic hydroxyl groups excluding tert-OH is 1. The van der Waals surface area contributed by atoms with Crippen molar-refractivity contribution in [2.45, 2.75) is 64.0 Å². The lowest BCUT2D eigenvalue weighted by atomic mass is 9.94. The van der Waals surface area contributed by atoms with E-state index in [-0.39, 0.29) is 42.9 Å². The summed E-state index contributed by atoms with van der Waals surface area (Å²) in [7, 11) is 0. The predicted octanol–water partition coefficient (Wildman–Crippen LogP) is 5.22. The van der Waals surface area contributed by atoms with Crippen LogP contribution in [-0.4, -0.2) is 28.3 Å². The minimum atomic E-state index is -1.23. The Morgan fingerprint density at radius 2 is 1.74 bits per heavy atom. The lowest BCUT2D eigenvalue weighted by Gasteiger charge is -2.28. The van der Waals surface area contributed by atoms with Crippen LogP contribution in [0.25, 0.3) is 0 Å². The Balaban J connectivity index is 0.00000480. The van der Waals surface area contributed by atoms with E-state index in [9.17, 15) is 18.7 Å². The molecule has 0 spiro atoms. The van der Waals surface area contributed by atoms with E-state index in [2.05, 4.69) is 17.4 Å². The molecule has 0 aliphatic carbocycles. The second-order valence-electron chi connectivity index (χ2n) is 8.35. The van der Waals surface area contributed by atoms with Crippen LogP contribution in [0.4, 0.5) is 8.78 Å². The summed E-state index contributed by atoms with van der Waals surface area (Å²) in [6, 6.07) is 12.6. The van der Waals surface area contributed by atoms with Crippen LogP contribution in [0.15, 0.2) is 42.5 Å². The number of unbranched alkanes of at least 4 members (excludes halogenated alkanes) is 1. The van der Waals surface area contributed by atoms with E-state index in [4.69, 9.17) is 5.11 Å². The third kappa shape index (κ3) is 9.33. The second-order valence-corrected chi connectivity index (χ2v) is 8.35. The lowest BCUT2D eigenvalue weighted by molar-refractivity contribution is -0.136. The van der Waals surface area contributed by atoms with E-state index < -0.39 is 23.7 Å². The number of β-amino-alcohol motifs (C(OH)–C–C–N with tert-alkyl or cyclic N) is 1. The zero-order valence-corrected chi connectivity index (χ0v) is 18.9. The van der Waals surface area contributed by atoms with Gasteiger partial charge in [-0.2, -0.15) is 0 Å². The summed E-state index contributed by atoms with van der Waals surface area (Å²) in [6.07, 6.45) is 2.59. The summed E-state index contributed by atoms with van der Waals surface area (Å²) < 4.78 is 28.1. The fraction of sp³-hybridized carbons (Fsp3) is 0.458. The molecule has 0 unspecified atom stereocenters. The van der Waals surface area contributed by atoms with Crippen molar-refractivity contribution in [3.05, 3.63) is 70.8 Å². The first kappa shape index (κ1) is 27.0. The van der Waals surface area contributed by atoms with Crippen molar-refractivity contribution in [3.8, 4) is 0 Å². The molecule has 2 aromatic carbocycles. The first-order chi connectivity index (χ1) is 14.2. The topological polar surface area (TPSA) is 69.6 Å². The number of hydrogen-bond donors (Lipinski definition) is 3. The van der Waals surface area contributed by atoms with E-state index in [1.54, 1.807) is 0 Å². The summed E-state index contributed by atoms with van der Waals surface area (Å²) in [5.74, 6) is -3.19. The first-order valence-corrected chi connectivity index (χ1v) is 10.3. The van der Waals surface area contributed by atoms with E-state index >= 15 is 0 Å². The van der Waals surface area contributed by atoms with Crippen LogP contribution in [0.5, 0.6) is 0 Å². The Labute approximate surface area is 189 Å². The molecule has 3 N–H and O–H groups in total. The van der Waals surface area contributed by atoms with Crippen molar-refractivity contribution >= 4 is 18.4 Å². The van der Waals surface area contributed by atoms with Gasteiger partial charge in [-0.3, -0.25) is 4.79 Å². The normalized spacial score (nSPS) is 12.3. The molecule has 2 aromatic rings. The van der Waals surface area contributed by atoms with Crippen molar-refractivity contribution in [1.29, 1.82) is 0 Å². The molecule has 0 aliphatic heterocycles. The Morgan fingerprint density at radius 3 is 2.39 bits per heavy atom. The maximum Gasteiger partial charge on any atom is 0.303 e. The molecule has 2 rings (SSSR count). The zero-order chi connectivity index (χ0) is 22.1. The van der Waals surface area contributed by atoms with Crippen LogP contribution in [0, 0.1) is 11.6 Å². The maximum atomic E-state index is 14.2. The predicted molar refractivity (Wildman–Crippen MR) is 121 cm³/mol. The standard InChI is InChI=1S/C24H31F2NO3.ClH/c1-24(2,13-7-6-10-17-8-4-3-5-9-17)27-16-21(28)19-14-18(11-12-22(29)30)15-20(25)23(19)26;/h3-5,8-9,14-15,21,27-28H,6-7,10-13,16H2,1-2H3,(H,29,30);1H/t21-;/m1./s1. The number of benzene rings is 2. The van der Waals surface area contributed by atoms with Gasteiger partial charge in [0.05, 0.1) is 6.10 Å². The van der Waals surface area contributed by atoms with Crippen LogP contribution < -0.4 is 5.32 Å². The number of hydrogen-bond acceptors (Lipinski definition) is 3. The van der Waals surface area contributed by atoms with Gasteiger partial charge in [-0.1, -0.05) is 36.8 Å². The summed E-state index contributed by atoms with van der Waals surface area (Å²) in [6.45, 7) is 4.11. The number of carbonyl (C=O) groups is 1. The first-order valence-electron chi connectivity index (χ1n) is 10.3. The SMILES string of the molecule is CC(C)(CCCCc1ccccc1)NC[C@@H](O)c1cc(CCC(=O)O)cc(F)c1F.Cl. The van der Waals surface area contributed by atoms with Crippen LogP contribution >= 0.6 is 12.4 Å². The largest absolute Gasteiger partial charge is 0.481 e. The summed E-state index contributed by atoms with van der Waals surface area (Å²) in [5.41, 5.74) is 1.24. The number of aryl methyl sites for hydroxylation is 2. The van der Waals surface area contributed by atoms with Crippen molar-refractivity contribution in [1.82, 2.24) is 5.32 Å². The van der Waals surface area contributed by atoms with Gasteiger partial charge < -0.3 is 15.5 Å². The summed E-state index contributed by atoms with van der Waals surface area (Å²) in [5, 5.41) is 22.4. The smallest absolute Gasteiger partial charge is 0.303 e. The molecule has 0 fully saturated rings. The third-order valence-electron chi connectivity index (χ3n) is 5.24. The number of carboxylic acid groups (broad SMARTS) is 1. The highest BCUT2D eigenvalue weighted by Crippen LogP contribution is 2.23. The lowest BCUT2D eigenvalue weighted by Crippen LogP contribution is -2.41. The van der Waals surface area contributed by atoms with Gasteiger partial charge in [0.15, 0.2) is 11.6 Å². The maximum absolute atomic E-state index is 14.2. The molecular weight excluding hydrogens is 424 g/mol. The molecule has 0 radical (unpaired) electrons. The Bertz CT molecular complexity index is 831. The Hall–Kier alpha value is -2.02. The van der Waals surface area contributed by atoms with Gasteiger partial charge in [-0.15, -0.1) is 12.4 Å². The highest BCUT2D eigenvalue weighted by molar-refractivity contribution is 5.85. The molecule has 7 heteroatoms. The van der Waals surface area contributed by atoms with Gasteiger partial charge in [-0.05, 0) is 62.8 Å². The zero-order valence-electron chi connectivity index (χ0n) is 18.0. The summed E-state index contributed by atoms with van der Waals surface area (Å²) in [4.78, 5) is 10.7. The molecule has 31 heavy (non-hydrogen) atoms. The molecule has 0 saturated heterocycles. The molecule has 4 nitrogen and oxygen atoms in total. The number of carboxylic acids is 1. The molecular formula is C24H32ClF2NO3. The highest BCUT2D eigenvalue weighted by Gasteiger charge is 2.22. The average molecular weight is 456 g/mol. The molecule has 172 valence electrons. The van der Waals surface area contributed by atoms with Crippen LogP contribution in [0.2, 0.25) is 0 Å².